The molecule has 200 valence electrons. The Morgan fingerprint density at radius 3 is 2.92 bits per heavy atom. The van der Waals surface area contributed by atoms with Crippen LogP contribution in [-0.2, 0) is 4.79 Å². The molecule has 1 amide bonds. The summed E-state index contributed by atoms with van der Waals surface area (Å²) >= 11 is 0. The summed E-state index contributed by atoms with van der Waals surface area (Å²) in [6.45, 7) is 8.04. The molecule has 5 aromatic rings. The number of carbonyl (C=O) groups is 1. The minimum absolute atomic E-state index is 0.0663. The Hall–Kier alpha value is -5.19. The first-order valence-corrected chi connectivity index (χ1v) is 13.0. The Kier molecular flexibility index (Phi) is 5.69. The van der Waals surface area contributed by atoms with Gasteiger partial charge < -0.3 is 24.6 Å². The Balaban J connectivity index is 1.19. The van der Waals surface area contributed by atoms with E-state index < -0.39 is 0 Å². The molecule has 11 heteroatoms. The van der Waals surface area contributed by atoms with Gasteiger partial charge in [-0.3, -0.25) is 4.79 Å². The maximum atomic E-state index is 12.4. The first kappa shape index (κ1) is 23.9. The number of hydrogen-bond acceptors (Lipinski definition) is 9. The summed E-state index contributed by atoms with van der Waals surface area (Å²) in [4.78, 5) is 29.8. The summed E-state index contributed by atoms with van der Waals surface area (Å²) in [5.74, 6) is 2.70. The molecule has 1 atom stereocenters. The van der Waals surface area contributed by atoms with Gasteiger partial charge in [-0.25, -0.2) is 19.5 Å². The molecule has 5 heterocycles. The van der Waals surface area contributed by atoms with Gasteiger partial charge >= 0.3 is 0 Å². The second kappa shape index (κ2) is 9.53. The molecule has 2 bridgehead atoms. The number of anilines is 3. The lowest BCUT2D eigenvalue weighted by molar-refractivity contribution is -0.129. The molecule has 0 saturated carbocycles. The number of nitrogens with one attached hydrogen (secondary N) is 1. The highest BCUT2D eigenvalue weighted by atomic mass is 16.5. The average molecular weight is 535 g/mol. The summed E-state index contributed by atoms with van der Waals surface area (Å²) in [5, 5.41) is 8.38. The molecule has 1 saturated heterocycles. The van der Waals surface area contributed by atoms with E-state index in [2.05, 4.69) is 36.8 Å². The second-order valence-electron chi connectivity index (χ2n) is 9.81. The standard InChI is InChI=1S/C29H26N8O3/c1-3-26(38)36-11-10-35-14-20(36)15-39-28-23(35)6-5-22-27(28)29(32-16-30-22)34-19-4-7-24(18(2)12-19)40-21-8-9-37-25(13-21)31-17-33-37/h3-9,12-13,16-17,20H,1,10-11,14-15H2,2H3,(H,30,32,34)/t20-/m1/s1. The van der Waals surface area contributed by atoms with Crippen LogP contribution in [0.5, 0.6) is 17.2 Å². The van der Waals surface area contributed by atoms with Gasteiger partial charge in [-0.1, -0.05) is 6.58 Å². The lowest BCUT2D eigenvalue weighted by Gasteiger charge is -2.39. The molecular weight excluding hydrogens is 508 g/mol. The molecule has 2 aliphatic heterocycles. The highest BCUT2D eigenvalue weighted by Gasteiger charge is 2.34. The predicted molar refractivity (Wildman–Crippen MR) is 150 cm³/mol. The van der Waals surface area contributed by atoms with Gasteiger partial charge in [-0.05, 0) is 55.0 Å². The van der Waals surface area contributed by atoms with Crippen LogP contribution in [0, 0.1) is 6.92 Å². The quantitative estimate of drug-likeness (QED) is 0.333. The van der Waals surface area contributed by atoms with E-state index in [0.29, 0.717) is 43.5 Å². The Bertz CT molecular complexity index is 1780. The van der Waals surface area contributed by atoms with Crippen molar-refractivity contribution in [2.45, 2.75) is 13.0 Å². The van der Waals surface area contributed by atoms with E-state index in [-0.39, 0.29) is 11.9 Å². The van der Waals surface area contributed by atoms with Crippen molar-refractivity contribution >= 4 is 39.6 Å². The zero-order chi connectivity index (χ0) is 27.2. The summed E-state index contributed by atoms with van der Waals surface area (Å²) in [6, 6.07) is 13.5. The topological polar surface area (TPSA) is 110 Å². The number of aromatic nitrogens is 5. The molecule has 2 aliphatic rings. The molecule has 0 spiro atoms. The van der Waals surface area contributed by atoms with Crippen LogP contribution in [0.2, 0.25) is 0 Å². The zero-order valence-corrected chi connectivity index (χ0v) is 21.8. The highest BCUT2D eigenvalue weighted by Crippen LogP contribution is 2.42. The lowest BCUT2D eigenvalue weighted by atomic mass is 10.1. The van der Waals surface area contributed by atoms with Crippen molar-refractivity contribution in [1.82, 2.24) is 29.5 Å². The van der Waals surface area contributed by atoms with Crippen molar-refractivity contribution < 1.29 is 14.3 Å². The third kappa shape index (κ3) is 4.12. The lowest BCUT2D eigenvalue weighted by Crippen LogP contribution is -2.56. The monoisotopic (exact) mass is 534 g/mol. The average Bonchev–Trinajstić information content (AvgIpc) is 3.39. The fourth-order valence-corrected chi connectivity index (χ4v) is 5.37. The van der Waals surface area contributed by atoms with Crippen LogP contribution in [0.1, 0.15) is 5.56 Å². The van der Waals surface area contributed by atoms with Crippen LogP contribution in [0.4, 0.5) is 17.2 Å². The maximum Gasteiger partial charge on any atom is 0.246 e. The van der Waals surface area contributed by atoms with Crippen LogP contribution in [0.25, 0.3) is 16.6 Å². The number of ether oxygens (including phenoxy) is 2. The first-order valence-electron chi connectivity index (χ1n) is 13.0. The van der Waals surface area contributed by atoms with Crippen molar-refractivity contribution in [2.24, 2.45) is 0 Å². The van der Waals surface area contributed by atoms with Gasteiger partial charge in [0.15, 0.2) is 11.4 Å². The molecular formula is C29H26N8O3. The van der Waals surface area contributed by atoms with Crippen LogP contribution in [0.15, 0.2) is 74.0 Å². The third-order valence-corrected chi connectivity index (χ3v) is 7.35. The molecule has 3 aromatic heterocycles. The van der Waals surface area contributed by atoms with Crippen LogP contribution in [-0.4, -0.2) is 67.7 Å². The molecule has 0 unspecified atom stereocenters. The SMILES string of the molecule is C=CC(=O)N1CCN2C[C@@H]1COc1c2ccc2ncnc(Nc3ccc(Oc4ccn5ncnc5c4)c(C)c3)c12. The number of pyridine rings is 1. The molecule has 0 radical (unpaired) electrons. The maximum absolute atomic E-state index is 12.4. The zero-order valence-electron chi connectivity index (χ0n) is 21.8. The van der Waals surface area contributed by atoms with E-state index >= 15 is 0 Å². The van der Waals surface area contributed by atoms with E-state index in [0.717, 1.165) is 39.3 Å². The van der Waals surface area contributed by atoms with E-state index in [9.17, 15) is 4.79 Å². The highest BCUT2D eigenvalue weighted by molar-refractivity contribution is 6.00. The number of amides is 1. The largest absolute Gasteiger partial charge is 0.488 e. The van der Waals surface area contributed by atoms with Gasteiger partial charge in [0.1, 0.15) is 36.6 Å². The number of aryl methyl sites for hydroxylation is 1. The number of rotatable bonds is 5. The van der Waals surface area contributed by atoms with Gasteiger partial charge in [-0.2, -0.15) is 5.10 Å². The molecule has 40 heavy (non-hydrogen) atoms. The Morgan fingerprint density at radius 2 is 2.05 bits per heavy atom. The molecule has 11 nitrogen and oxygen atoms in total. The van der Waals surface area contributed by atoms with Crippen molar-refractivity contribution in [1.29, 1.82) is 0 Å². The molecule has 1 fully saturated rings. The minimum Gasteiger partial charge on any atom is -0.488 e. The fourth-order valence-electron chi connectivity index (χ4n) is 5.37. The molecule has 2 aromatic carbocycles. The normalized spacial score (nSPS) is 16.3. The Morgan fingerprint density at radius 1 is 1.12 bits per heavy atom. The Labute approximate surface area is 229 Å². The van der Waals surface area contributed by atoms with Gasteiger partial charge in [-0.15, -0.1) is 0 Å². The smallest absolute Gasteiger partial charge is 0.246 e. The molecule has 0 aliphatic carbocycles. The van der Waals surface area contributed by atoms with Crippen LogP contribution >= 0.6 is 0 Å². The number of benzene rings is 2. The summed E-state index contributed by atoms with van der Waals surface area (Å²) in [7, 11) is 0. The van der Waals surface area contributed by atoms with Crippen LogP contribution < -0.4 is 19.7 Å². The predicted octanol–water partition coefficient (Wildman–Crippen LogP) is 4.11. The summed E-state index contributed by atoms with van der Waals surface area (Å²) in [6.07, 6.45) is 6.23. The van der Waals surface area contributed by atoms with Crippen molar-refractivity contribution in [3.05, 3.63) is 79.5 Å². The molecule has 7 rings (SSSR count). The number of hydrogen-bond donors (Lipinski definition) is 1. The van der Waals surface area contributed by atoms with Gasteiger partial charge in [0.2, 0.25) is 5.91 Å². The van der Waals surface area contributed by atoms with Gasteiger partial charge in [0.05, 0.1) is 22.6 Å². The first-order chi connectivity index (χ1) is 19.6. The van der Waals surface area contributed by atoms with Crippen molar-refractivity contribution in [3.63, 3.8) is 0 Å². The van der Waals surface area contributed by atoms with E-state index in [1.165, 1.54) is 12.4 Å². The number of carbonyl (C=O) groups excluding carboxylic acids is 1. The number of piperazine rings is 1. The second-order valence-corrected chi connectivity index (χ2v) is 9.81. The van der Waals surface area contributed by atoms with E-state index in [1.54, 1.807) is 10.8 Å². The van der Waals surface area contributed by atoms with Crippen molar-refractivity contribution in [2.75, 3.05) is 36.5 Å². The number of fused-ring (bicyclic) bond motifs is 7. The van der Waals surface area contributed by atoms with E-state index in [1.807, 2.05) is 60.5 Å². The minimum atomic E-state index is -0.0726. The summed E-state index contributed by atoms with van der Waals surface area (Å²) in [5.41, 5.74) is 4.26. The van der Waals surface area contributed by atoms with Crippen LogP contribution in [0.3, 0.4) is 0 Å². The van der Waals surface area contributed by atoms with Gasteiger partial charge in [0, 0.05) is 37.6 Å². The summed E-state index contributed by atoms with van der Waals surface area (Å²) < 4.78 is 14.2. The fraction of sp³-hybridized carbons (Fsp3) is 0.207. The third-order valence-electron chi connectivity index (χ3n) is 7.35. The van der Waals surface area contributed by atoms with Gasteiger partial charge in [0.25, 0.3) is 0 Å². The molecule has 1 N–H and O–H groups in total. The van der Waals surface area contributed by atoms with E-state index in [4.69, 9.17) is 9.47 Å². The van der Waals surface area contributed by atoms with Crippen molar-refractivity contribution in [3.8, 4) is 17.2 Å². The number of nitrogens with zero attached hydrogens (tertiary/aromatic N) is 7.